The number of ether oxygens (including phenoxy) is 1. The van der Waals surface area contributed by atoms with Crippen molar-refractivity contribution in [2.24, 2.45) is 5.92 Å². The van der Waals surface area contributed by atoms with E-state index in [1.165, 1.54) is 11.8 Å². The number of nitrogens with one attached hydrogen (secondary N) is 1. The summed E-state index contributed by atoms with van der Waals surface area (Å²) in [6.45, 7) is 4.74. The van der Waals surface area contributed by atoms with Crippen LogP contribution in [-0.4, -0.2) is 93.3 Å². The number of rotatable bonds is 7. The van der Waals surface area contributed by atoms with Gasteiger partial charge in [-0.15, -0.1) is 23.4 Å². The van der Waals surface area contributed by atoms with Crippen LogP contribution >= 0.6 is 23.4 Å². The number of amides is 1. The lowest BCUT2D eigenvalue weighted by Gasteiger charge is -2.44. The Morgan fingerprint density at radius 1 is 1.33 bits per heavy atom. The summed E-state index contributed by atoms with van der Waals surface area (Å²) >= 11 is 7.55. The number of aliphatic hydroxyl groups is 3. The van der Waals surface area contributed by atoms with Crippen LogP contribution in [0.2, 0.25) is 0 Å². The molecule has 0 aromatic rings. The van der Waals surface area contributed by atoms with Gasteiger partial charge in [0, 0.05) is 6.54 Å². The van der Waals surface area contributed by atoms with Crippen molar-refractivity contribution in [2.45, 2.75) is 80.4 Å². The van der Waals surface area contributed by atoms with Gasteiger partial charge in [-0.3, -0.25) is 9.69 Å². The molecule has 27 heavy (non-hydrogen) atoms. The van der Waals surface area contributed by atoms with E-state index in [2.05, 4.69) is 12.2 Å². The van der Waals surface area contributed by atoms with Gasteiger partial charge in [0.25, 0.3) is 0 Å². The number of aliphatic hydroxyl groups excluding tert-OH is 3. The van der Waals surface area contributed by atoms with E-state index in [1.54, 1.807) is 13.2 Å². The number of halogens is 1. The topological polar surface area (TPSA) is 102 Å². The van der Waals surface area contributed by atoms with Crippen LogP contribution < -0.4 is 5.32 Å². The van der Waals surface area contributed by atoms with Crippen LogP contribution in [-0.2, 0) is 9.53 Å². The summed E-state index contributed by atoms with van der Waals surface area (Å²) in [4.78, 5) is 14.9. The van der Waals surface area contributed by atoms with Crippen molar-refractivity contribution in [1.82, 2.24) is 10.2 Å². The van der Waals surface area contributed by atoms with Gasteiger partial charge >= 0.3 is 0 Å². The van der Waals surface area contributed by atoms with Crippen LogP contribution in [0.3, 0.4) is 0 Å². The second kappa shape index (κ2) is 10.1. The zero-order chi connectivity index (χ0) is 20.3. The first-order valence-corrected chi connectivity index (χ1v) is 11.3. The van der Waals surface area contributed by atoms with E-state index in [-0.39, 0.29) is 11.9 Å². The minimum Gasteiger partial charge on any atom is -0.388 e. The number of thioether (sulfide) groups is 1. The lowest BCUT2D eigenvalue weighted by atomic mass is 9.92. The summed E-state index contributed by atoms with van der Waals surface area (Å²) in [6, 6.07) is -0.934. The van der Waals surface area contributed by atoms with Gasteiger partial charge in [-0.25, -0.2) is 0 Å². The van der Waals surface area contributed by atoms with Crippen molar-refractivity contribution in [2.75, 3.05) is 19.8 Å². The highest BCUT2D eigenvalue weighted by Crippen LogP contribution is 2.31. The average Bonchev–Trinajstić information content (AvgIpc) is 2.99. The lowest BCUT2D eigenvalue weighted by Crippen LogP contribution is -2.65. The van der Waals surface area contributed by atoms with Gasteiger partial charge in [0.2, 0.25) is 5.91 Å². The van der Waals surface area contributed by atoms with E-state index >= 15 is 0 Å². The zero-order valence-corrected chi connectivity index (χ0v) is 18.0. The fraction of sp³-hybridized carbons (Fsp3) is 0.944. The van der Waals surface area contributed by atoms with E-state index in [1.807, 2.05) is 11.9 Å². The van der Waals surface area contributed by atoms with Crippen LogP contribution in [0, 0.1) is 5.92 Å². The van der Waals surface area contributed by atoms with Crippen LogP contribution in [0.1, 0.15) is 33.1 Å². The molecule has 0 unspecified atom stereocenters. The van der Waals surface area contributed by atoms with E-state index < -0.39 is 41.3 Å². The molecule has 2 aliphatic rings. The van der Waals surface area contributed by atoms with Crippen molar-refractivity contribution in [3.05, 3.63) is 0 Å². The Balaban J connectivity index is 2.09. The van der Waals surface area contributed by atoms with Gasteiger partial charge in [-0.2, -0.15) is 0 Å². The number of likely N-dealkylation sites (N-methyl/N-ethyl adjacent to an activating group) is 1. The number of carbonyl (C=O) groups is 1. The third-order valence-corrected chi connectivity index (χ3v) is 6.76. The van der Waals surface area contributed by atoms with Crippen molar-refractivity contribution in [3.63, 3.8) is 0 Å². The second-order valence-corrected chi connectivity index (χ2v) is 9.36. The minimum absolute atomic E-state index is 0.147. The Morgan fingerprint density at radius 2 is 2.00 bits per heavy atom. The Bertz CT molecular complexity index is 498. The molecule has 1 amide bonds. The van der Waals surface area contributed by atoms with Crippen LogP contribution in [0.15, 0.2) is 0 Å². The van der Waals surface area contributed by atoms with Gasteiger partial charge in [0.05, 0.1) is 17.5 Å². The maximum Gasteiger partial charge on any atom is 0.237 e. The second-order valence-electron chi connectivity index (χ2n) is 7.73. The van der Waals surface area contributed by atoms with Crippen molar-refractivity contribution in [3.8, 4) is 0 Å². The lowest BCUT2D eigenvalue weighted by molar-refractivity contribution is -0.205. The molecule has 2 heterocycles. The highest BCUT2D eigenvalue weighted by Gasteiger charge is 2.48. The molecular formula is C18H33ClN2O5S. The Hall–Kier alpha value is -0.0900. The largest absolute Gasteiger partial charge is 0.388 e. The van der Waals surface area contributed by atoms with Gasteiger partial charge in [-0.1, -0.05) is 13.3 Å². The Kier molecular flexibility index (Phi) is 8.67. The van der Waals surface area contributed by atoms with E-state index in [9.17, 15) is 20.1 Å². The van der Waals surface area contributed by atoms with E-state index in [0.717, 1.165) is 25.8 Å². The molecule has 4 N–H and O–H groups in total. The van der Waals surface area contributed by atoms with Crippen molar-refractivity contribution in [1.29, 1.82) is 0 Å². The molecule has 0 aliphatic carbocycles. The molecular weight excluding hydrogens is 392 g/mol. The van der Waals surface area contributed by atoms with Gasteiger partial charge < -0.3 is 25.4 Å². The number of carbonyl (C=O) groups excluding carboxylic acids is 1. The molecule has 2 saturated heterocycles. The predicted octanol–water partition coefficient (Wildman–Crippen LogP) is 0.390. The maximum atomic E-state index is 12.9. The summed E-state index contributed by atoms with van der Waals surface area (Å²) in [5, 5.41) is 33.0. The molecule has 0 spiro atoms. The highest BCUT2D eigenvalue weighted by atomic mass is 35.5. The molecule has 9 atom stereocenters. The van der Waals surface area contributed by atoms with Gasteiger partial charge in [0.1, 0.15) is 29.9 Å². The van der Waals surface area contributed by atoms with E-state index in [4.69, 9.17) is 16.3 Å². The molecule has 0 aromatic heterocycles. The number of hydrogen-bond acceptors (Lipinski definition) is 7. The van der Waals surface area contributed by atoms with Gasteiger partial charge in [0.15, 0.2) is 0 Å². The van der Waals surface area contributed by atoms with Gasteiger partial charge in [-0.05, 0) is 39.0 Å². The summed E-state index contributed by atoms with van der Waals surface area (Å²) in [5.41, 5.74) is -0.702. The number of hydrogen-bond donors (Lipinski definition) is 4. The van der Waals surface area contributed by atoms with E-state index in [0.29, 0.717) is 5.92 Å². The smallest absolute Gasteiger partial charge is 0.237 e. The molecule has 2 fully saturated rings. The third kappa shape index (κ3) is 5.29. The number of nitrogens with zero attached hydrogens (tertiary/aromatic N) is 1. The summed E-state index contributed by atoms with van der Waals surface area (Å²) < 4.78 is 5.79. The molecule has 0 aromatic carbocycles. The third-order valence-electron chi connectivity index (χ3n) is 5.63. The van der Waals surface area contributed by atoms with Crippen molar-refractivity contribution >= 4 is 29.3 Å². The zero-order valence-electron chi connectivity index (χ0n) is 16.4. The Labute approximate surface area is 170 Å². The monoisotopic (exact) mass is 424 g/mol. The molecule has 0 bridgehead atoms. The van der Waals surface area contributed by atoms with Crippen LogP contribution in [0.25, 0.3) is 0 Å². The first-order chi connectivity index (χ1) is 12.7. The highest BCUT2D eigenvalue weighted by molar-refractivity contribution is 7.99. The normalized spacial score (nSPS) is 39.9. The number of alkyl halides is 1. The minimum atomic E-state index is -1.36. The Morgan fingerprint density at radius 3 is 2.56 bits per heavy atom. The molecule has 2 rings (SSSR count). The summed E-state index contributed by atoms with van der Waals surface area (Å²) in [7, 11) is 1.94. The molecule has 158 valence electrons. The standard InChI is InChI=1S/C18H33ClN2O5S/c1-5-6-10-7-11(21(3)8-10)17(25)20-12(9(2)19)16-14(23)13(22)15(24)18(26-16)27-4/h9-16,18,22-24H,5-8H2,1-4H3,(H,20,25)/t9-,10+,11-,12-,13-,14+,15+,16-,18+/m0/s1. The van der Waals surface area contributed by atoms with Crippen LogP contribution in [0.4, 0.5) is 0 Å². The molecule has 2 aliphatic heterocycles. The fourth-order valence-electron chi connectivity index (χ4n) is 4.11. The average molecular weight is 425 g/mol. The molecule has 0 saturated carbocycles. The summed E-state index contributed by atoms with van der Waals surface area (Å²) in [5.74, 6) is 0.350. The first kappa shape index (κ1) is 23.2. The maximum absolute atomic E-state index is 12.9. The molecule has 9 heteroatoms. The fourth-order valence-corrected chi connectivity index (χ4v) is 5.00. The SMILES string of the molecule is CCC[C@@H]1C[C@@H](C(=O)N[C@H]([C@@H]2O[C@H](SC)[C@H](O)[C@@H](O)[C@H]2O)[C@H](C)Cl)N(C)C1. The van der Waals surface area contributed by atoms with Crippen LogP contribution in [0.5, 0.6) is 0 Å². The summed E-state index contributed by atoms with van der Waals surface area (Å²) in [6.07, 6.45) is -0.0980. The molecule has 0 radical (unpaired) electrons. The quantitative estimate of drug-likeness (QED) is 0.438. The number of likely N-dealkylation sites (tertiary alicyclic amines) is 1. The molecule has 7 nitrogen and oxygen atoms in total. The first-order valence-electron chi connectivity index (χ1n) is 9.58. The predicted molar refractivity (Wildman–Crippen MR) is 107 cm³/mol. The van der Waals surface area contributed by atoms with Crippen molar-refractivity contribution < 1.29 is 24.9 Å².